The Morgan fingerprint density at radius 1 is 1.14 bits per heavy atom. The molecule has 0 bridgehead atoms. The van der Waals surface area contributed by atoms with Gasteiger partial charge in [0.15, 0.2) is 5.82 Å². The monoisotopic (exact) mass is 471 g/mol. The largest absolute Gasteiger partial charge is 0.328 e. The highest BCUT2D eigenvalue weighted by molar-refractivity contribution is 6.06. The molecule has 1 aliphatic heterocycles. The van der Waals surface area contributed by atoms with E-state index in [-0.39, 0.29) is 22.6 Å². The first-order valence-corrected chi connectivity index (χ1v) is 10.6. The molecule has 1 atom stereocenters. The first-order valence-electron chi connectivity index (χ1n) is 10.6. The molecule has 0 aliphatic carbocycles. The van der Waals surface area contributed by atoms with E-state index in [0.29, 0.717) is 22.9 Å². The van der Waals surface area contributed by atoms with Crippen LogP contribution in [0.5, 0.6) is 0 Å². The van der Waals surface area contributed by atoms with Crippen molar-refractivity contribution in [3.8, 4) is 11.4 Å². The van der Waals surface area contributed by atoms with Gasteiger partial charge in [0.1, 0.15) is 11.9 Å². The molecule has 2 aromatic carbocycles. The fourth-order valence-corrected chi connectivity index (χ4v) is 3.92. The Morgan fingerprint density at radius 3 is 2.60 bits per heavy atom. The third-order valence-electron chi connectivity index (χ3n) is 5.55. The molecule has 5 rings (SSSR count). The van der Waals surface area contributed by atoms with Crippen LogP contribution in [0.25, 0.3) is 11.4 Å². The van der Waals surface area contributed by atoms with E-state index in [1.165, 1.54) is 41.2 Å². The van der Waals surface area contributed by atoms with E-state index in [2.05, 4.69) is 25.7 Å². The Morgan fingerprint density at radius 2 is 1.91 bits per heavy atom. The lowest BCUT2D eigenvalue weighted by molar-refractivity contribution is -0.384. The summed E-state index contributed by atoms with van der Waals surface area (Å²) in [6.07, 6.45) is 3.10. The van der Waals surface area contributed by atoms with Crippen molar-refractivity contribution in [3.63, 3.8) is 0 Å². The van der Waals surface area contributed by atoms with Crippen LogP contribution in [0.1, 0.15) is 18.5 Å². The van der Waals surface area contributed by atoms with Gasteiger partial charge in [-0.25, -0.2) is 9.07 Å². The number of benzene rings is 2. The average molecular weight is 471 g/mol. The molecular weight excluding hydrogens is 453 g/mol. The van der Waals surface area contributed by atoms with Crippen molar-refractivity contribution in [1.82, 2.24) is 19.7 Å². The minimum absolute atomic E-state index is 0.0630. The number of carbonyl (C=O) groups is 1. The number of hydrogen-bond donors (Lipinski definition) is 2. The standard InChI is InChI=1S/C24H18FN7O3/c1-14-20(23(33)28-16-5-4-12-26-13-16)21(18-6-2-3-7-19(18)25)31-24(27-14)29-22(30-31)15-8-10-17(11-9-15)32(34)35/h2-13,21H,1H3,(H,28,33)(H,27,29,30). The molecule has 0 saturated heterocycles. The second-order valence-electron chi connectivity index (χ2n) is 7.79. The normalized spacial score (nSPS) is 14.7. The van der Waals surface area contributed by atoms with Crippen LogP contribution >= 0.6 is 0 Å². The lowest BCUT2D eigenvalue weighted by atomic mass is 9.94. The Balaban J connectivity index is 1.60. The van der Waals surface area contributed by atoms with Crippen LogP contribution in [0.2, 0.25) is 0 Å². The van der Waals surface area contributed by atoms with Crippen molar-refractivity contribution in [2.24, 2.45) is 0 Å². The van der Waals surface area contributed by atoms with Crippen LogP contribution in [0.3, 0.4) is 0 Å². The Labute approximate surface area is 198 Å². The molecule has 4 aromatic rings. The van der Waals surface area contributed by atoms with Gasteiger partial charge in [-0.2, -0.15) is 4.98 Å². The zero-order valence-electron chi connectivity index (χ0n) is 18.3. The van der Waals surface area contributed by atoms with E-state index in [9.17, 15) is 19.3 Å². The van der Waals surface area contributed by atoms with Gasteiger partial charge in [-0.3, -0.25) is 19.9 Å². The van der Waals surface area contributed by atoms with Gasteiger partial charge < -0.3 is 10.6 Å². The number of aromatic nitrogens is 4. The van der Waals surface area contributed by atoms with Crippen LogP contribution in [-0.4, -0.2) is 30.6 Å². The number of anilines is 2. The highest BCUT2D eigenvalue weighted by Gasteiger charge is 2.36. The lowest BCUT2D eigenvalue weighted by Crippen LogP contribution is -2.32. The fourth-order valence-electron chi connectivity index (χ4n) is 3.92. The molecule has 3 heterocycles. The number of hydrogen-bond acceptors (Lipinski definition) is 7. The maximum atomic E-state index is 15.0. The molecule has 2 N–H and O–H groups in total. The summed E-state index contributed by atoms with van der Waals surface area (Å²) in [7, 11) is 0. The smallest absolute Gasteiger partial charge is 0.269 e. The van der Waals surface area contributed by atoms with Crippen molar-refractivity contribution >= 4 is 23.2 Å². The zero-order chi connectivity index (χ0) is 24.5. The van der Waals surface area contributed by atoms with Gasteiger partial charge in [0, 0.05) is 35.2 Å². The molecule has 1 aliphatic rings. The van der Waals surface area contributed by atoms with Gasteiger partial charge in [-0.1, -0.05) is 18.2 Å². The highest BCUT2D eigenvalue weighted by atomic mass is 19.1. The molecule has 0 fully saturated rings. The summed E-state index contributed by atoms with van der Waals surface area (Å²) in [6.45, 7) is 1.70. The molecule has 2 aromatic heterocycles. The number of nitro benzene ring substituents is 1. The molecule has 174 valence electrons. The van der Waals surface area contributed by atoms with Crippen molar-refractivity contribution in [1.29, 1.82) is 0 Å². The average Bonchev–Trinajstić information content (AvgIpc) is 3.28. The predicted octanol–water partition coefficient (Wildman–Crippen LogP) is 4.32. The van der Waals surface area contributed by atoms with E-state index < -0.39 is 22.7 Å². The lowest BCUT2D eigenvalue weighted by Gasteiger charge is -2.28. The first-order chi connectivity index (χ1) is 16.9. The highest BCUT2D eigenvalue weighted by Crippen LogP contribution is 2.37. The van der Waals surface area contributed by atoms with Crippen LogP contribution in [-0.2, 0) is 4.79 Å². The number of pyridine rings is 1. The molecular formula is C24H18FN7O3. The number of nitrogens with zero attached hydrogens (tertiary/aromatic N) is 5. The van der Waals surface area contributed by atoms with E-state index in [4.69, 9.17) is 0 Å². The second kappa shape index (κ2) is 8.78. The third-order valence-corrected chi connectivity index (χ3v) is 5.55. The Kier molecular flexibility index (Phi) is 5.49. The summed E-state index contributed by atoms with van der Waals surface area (Å²) < 4.78 is 16.4. The number of rotatable bonds is 5. The van der Waals surface area contributed by atoms with Crippen molar-refractivity contribution < 1.29 is 14.1 Å². The maximum absolute atomic E-state index is 15.0. The van der Waals surface area contributed by atoms with Gasteiger partial charge in [-0.05, 0) is 37.3 Å². The SMILES string of the molecule is CC1=C(C(=O)Nc2cccnc2)C(c2ccccc2F)n2nc(-c3ccc([N+](=O)[O-])cc3)nc2N1. The van der Waals surface area contributed by atoms with Gasteiger partial charge in [0.25, 0.3) is 11.6 Å². The molecule has 0 spiro atoms. The predicted molar refractivity (Wildman–Crippen MR) is 126 cm³/mol. The molecule has 10 nitrogen and oxygen atoms in total. The van der Waals surface area contributed by atoms with Gasteiger partial charge >= 0.3 is 0 Å². The van der Waals surface area contributed by atoms with Crippen LogP contribution in [0.4, 0.5) is 21.7 Å². The van der Waals surface area contributed by atoms with Crippen LogP contribution < -0.4 is 10.6 Å². The van der Waals surface area contributed by atoms with E-state index in [0.717, 1.165) is 0 Å². The van der Waals surface area contributed by atoms with Crippen molar-refractivity contribution in [2.75, 3.05) is 10.6 Å². The number of nitrogens with one attached hydrogen (secondary N) is 2. The number of non-ortho nitro benzene ring substituents is 1. The van der Waals surface area contributed by atoms with Gasteiger partial charge in [0.05, 0.1) is 22.4 Å². The van der Waals surface area contributed by atoms with Crippen molar-refractivity contribution in [2.45, 2.75) is 13.0 Å². The number of carbonyl (C=O) groups excluding carboxylic acids is 1. The Bertz CT molecular complexity index is 1470. The summed E-state index contributed by atoms with van der Waals surface area (Å²) in [5.74, 6) is -0.376. The molecule has 1 unspecified atom stereocenters. The van der Waals surface area contributed by atoms with E-state index in [1.54, 1.807) is 43.5 Å². The molecule has 11 heteroatoms. The molecule has 0 saturated carbocycles. The minimum atomic E-state index is -0.914. The maximum Gasteiger partial charge on any atom is 0.269 e. The topological polar surface area (TPSA) is 128 Å². The third kappa shape index (κ3) is 4.10. The van der Waals surface area contributed by atoms with Crippen LogP contribution in [0, 0.1) is 15.9 Å². The Hall–Kier alpha value is -4.93. The first kappa shape index (κ1) is 21.9. The number of fused-ring (bicyclic) bond motifs is 1. The summed E-state index contributed by atoms with van der Waals surface area (Å²) in [5.41, 5.74) is 1.94. The molecule has 0 radical (unpaired) electrons. The summed E-state index contributed by atoms with van der Waals surface area (Å²) in [5, 5.41) is 21.4. The number of amides is 1. The quantitative estimate of drug-likeness (QED) is 0.328. The zero-order valence-corrected chi connectivity index (χ0v) is 18.3. The second-order valence-corrected chi connectivity index (χ2v) is 7.79. The number of nitro groups is 1. The minimum Gasteiger partial charge on any atom is -0.328 e. The van der Waals surface area contributed by atoms with Gasteiger partial charge in [0.2, 0.25) is 5.95 Å². The van der Waals surface area contributed by atoms with E-state index in [1.807, 2.05) is 0 Å². The molecule has 1 amide bonds. The summed E-state index contributed by atoms with van der Waals surface area (Å²) in [6, 6.07) is 14.4. The fraction of sp³-hybridized carbons (Fsp3) is 0.0833. The molecule has 35 heavy (non-hydrogen) atoms. The summed E-state index contributed by atoms with van der Waals surface area (Å²) >= 11 is 0. The van der Waals surface area contributed by atoms with E-state index >= 15 is 0 Å². The number of halogens is 1. The number of allylic oxidation sites excluding steroid dienone is 1. The summed E-state index contributed by atoms with van der Waals surface area (Å²) in [4.78, 5) is 32.4. The van der Waals surface area contributed by atoms with Gasteiger partial charge in [-0.15, -0.1) is 5.10 Å². The van der Waals surface area contributed by atoms with Crippen LogP contribution in [0.15, 0.2) is 84.3 Å². The van der Waals surface area contributed by atoms with Crippen molar-refractivity contribution in [3.05, 3.63) is 106 Å².